The van der Waals surface area contributed by atoms with Crippen LogP contribution < -0.4 is 4.90 Å². The number of hydrogen-bond acceptors (Lipinski definition) is 5. The Balaban J connectivity index is 1.56. The van der Waals surface area contributed by atoms with Crippen molar-refractivity contribution in [3.63, 3.8) is 0 Å². The van der Waals surface area contributed by atoms with E-state index in [0.29, 0.717) is 25.9 Å². The lowest BCUT2D eigenvalue weighted by Gasteiger charge is -2.43. The van der Waals surface area contributed by atoms with E-state index in [2.05, 4.69) is 0 Å². The van der Waals surface area contributed by atoms with E-state index in [1.54, 1.807) is 17.0 Å². The molecule has 0 aromatic heterocycles. The number of benzene rings is 1. The first-order chi connectivity index (χ1) is 11.4. The van der Waals surface area contributed by atoms with E-state index >= 15 is 4.39 Å². The van der Waals surface area contributed by atoms with Crippen LogP contribution in [0.25, 0.3) is 0 Å². The number of piperidine rings is 2. The number of aliphatic hydroxyl groups excluding tert-OH is 3. The Morgan fingerprint density at radius 2 is 1.54 bits per heavy atom. The summed E-state index contributed by atoms with van der Waals surface area (Å²) in [5, 5.41) is 29.0. The predicted molar refractivity (Wildman–Crippen MR) is 86.1 cm³/mol. The lowest BCUT2D eigenvalue weighted by Crippen LogP contribution is -2.58. The lowest BCUT2D eigenvalue weighted by molar-refractivity contribution is -0.118. The number of aliphatic hydroxyl groups is 3. The monoisotopic (exact) mass is 342 g/mol. The van der Waals surface area contributed by atoms with Crippen molar-refractivity contribution in [3.8, 4) is 0 Å². The highest BCUT2D eigenvalue weighted by Crippen LogP contribution is 2.31. The second kappa shape index (κ2) is 6.92. The fourth-order valence-corrected chi connectivity index (χ4v) is 3.58. The van der Waals surface area contributed by atoms with Gasteiger partial charge in [0.2, 0.25) is 0 Å². The van der Waals surface area contributed by atoms with E-state index in [9.17, 15) is 19.7 Å². The zero-order valence-electron chi connectivity index (χ0n) is 13.5. The maximum atomic E-state index is 15.1. The average Bonchev–Trinajstić information content (AvgIpc) is 2.54. The molecule has 0 radical (unpaired) electrons. The molecule has 0 spiro atoms. The predicted octanol–water partition coefficient (Wildman–Crippen LogP) is 0.532. The van der Waals surface area contributed by atoms with E-state index in [1.165, 1.54) is 12.1 Å². The van der Waals surface area contributed by atoms with Gasteiger partial charge in [-0.15, -0.1) is 0 Å². The lowest BCUT2D eigenvalue weighted by atomic mass is 9.91. The fraction of sp³-hybridized carbons (Fsp3) is 0.647. The van der Waals surface area contributed by atoms with Gasteiger partial charge in [0.1, 0.15) is 17.6 Å². The summed E-state index contributed by atoms with van der Waals surface area (Å²) in [6.07, 6.45) is -2.63. The summed E-state index contributed by atoms with van der Waals surface area (Å²) in [5.41, 5.74) is -0.511. The van der Waals surface area contributed by atoms with E-state index in [-0.39, 0.29) is 25.5 Å². The first-order valence-electron chi connectivity index (χ1n) is 8.32. The summed E-state index contributed by atoms with van der Waals surface area (Å²) in [7, 11) is 0. The van der Waals surface area contributed by atoms with Gasteiger partial charge in [0.15, 0.2) is 0 Å². The van der Waals surface area contributed by atoms with Crippen LogP contribution in [0.1, 0.15) is 12.8 Å². The van der Waals surface area contributed by atoms with E-state index in [1.807, 2.05) is 4.90 Å². The molecule has 0 amide bonds. The third kappa shape index (κ3) is 3.85. The number of likely N-dealkylation sites (tertiary alicyclic amines) is 1. The summed E-state index contributed by atoms with van der Waals surface area (Å²) in [4.78, 5) is 3.70. The standard InChI is InChI=1S/C17H24F2N2O3/c18-12-1-3-13(4-2-12)21-7-5-17(19,6-8-21)11-20-9-14(22)16(24)15(23)10-20/h1-4,14-16,22-24H,5-11H2. The topological polar surface area (TPSA) is 67.2 Å². The number of hydrogen-bond donors (Lipinski definition) is 3. The molecular formula is C17H24F2N2O3. The molecule has 134 valence electrons. The summed E-state index contributed by atoms with van der Waals surface area (Å²) >= 11 is 0. The summed E-state index contributed by atoms with van der Waals surface area (Å²) in [6, 6.07) is 6.18. The molecule has 2 heterocycles. The molecule has 2 aliphatic rings. The molecule has 0 bridgehead atoms. The Kier molecular flexibility index (Phi) is 5.05. The second-order valence-corrected chi connectivity index (χ2v) is 6.93. The average molecular weight is 342 g/mol. The summed E-state index contributed by atoms with van der Waals surface area (Å²) in [5.74, 6) is -0.292. The first-order valence-corrected chi connectivity index (χ1v) is 8.32. The zero-order chi connectivity index (χ0) is 17.3. The van der Waals surface area contributed by atoms with Crippen molar-refractivity contribution in [3.05, 3.63) is 30.1 Å². The maximum Gasteiger partial charge on any atom is 0.127 e. The van der Waals surface area contributed by atoms with Gasteiger partial charge in [-0.2, -0.15) is 0 Å². The van der Waals surface area contributed by atoms with Gasteiger partial charge in [-0.25, -0.2) is 8.78 Å². The van der Waals surface area contributed by atoms with E-state index < -0.39 is 24.0 Å². The first kappa shape index (κ1) is 17.5. The highest BCUT2D eigenvalue weighted by atomic mass is 19.1. The van der Waals surface area contributed by atoms with Crippen molar-refractivity contribution in [2.45, 2.75) is 36.8 Å². The van der Waals surface area contributed by atoms with Crippen LogP contribution in [0.4, 0.5) is 14.5 Å². The van der Waals surface area contributed by atoms with Crippen molar-refractivity contribution >= 4 is 5.69 Å². The van der Waals surface area contributed by atoms with Gasteiger partial charge in [0.25, 0.3) is 0 Å². The minimum Gasteiger partial charge on any atom is -0.389 e. The molecule has 3 rings (SSSR count). The van der Waals surface area contributed by atoms with Crippen molar-refractivity contribution in [1.29, 1.82) is 0 Å². The zero-order valence-corrected chi connectivity index (χ0v) is 13.5. The van der Waals surface area contributed by atoms with Gasteiger partial charge in [0, 0.05) is 51.3 Å². The number of halogens is 2. The highest BCUT2D eigenvalue weighted by molar-refractivity contribution is 5.46. The Labute approximate surface area is 140 Å². The van der Waals surface area contributed by atoms with Gasteiger partial charge in [-0.05, 0) is 24.3 Å². The van der Waals surface area contributed by atoms with Crippen molar-refractivity contribution < 1.29 is 24.1 Å². The van der Waals surface area contributed by atoms with E-state index in [4.69, 9.17) is 0 Å². The number of β-amino-alcohol motifs (C(OH)–C–C–N with tert-alkyl or cyclic N) is 2. The molecule has 2 aliphatic heterocycles. The molecule has 2 fully saturated rings. The van der Waals surface area contributed by atoms with E-state index in [0.717, 1.165) is 5.69 Å². The van der Waals surface area contributed by atoms with Crippen LogP contribution >= 0.6 is 0 Å². The number of anilines is 1. The van der Waals surface area contributed by atoms with Crippen LogP contribution in [0.5, 0.6) is 0 Å². The molecule has 24 heavy (non-hydrogen) atoms. The van der Waals surface area contributed by atoms with Crippen molar-refractivity contribution in [1.82, 2.24) is 4.90 Å². The maximum absolute atomic E-state index is 15.1. The fourth-order valence-electron chi connectivity index (χ4n) is 3.58. The molecule has 1 aromatic carbocycles. The molecule has 5 nitrogen and oxygen atoms in total. The molecule has 7 heteroatoms. The van der Waals surface area contributed by atoms with Crippen molar-refractivity contribution in [2.24, 2.45) is 0 Å². The molecule has 3 N–H and O–H groups in total. The molecule has 0 saturated carbocycles. The Bertz CT molecular complexity index is 537. The second-order valence-electron chi connectivity index (χ2n) is 6.93. The van der Waals surface area contributed by atoms with Crippen molar-refractivity contribution in [2.75, 3.05) is 37.6 Å². The van der Waals surface area contributed by atoms with Crippen LogP contribution in [0.15, 0.2) is 24.3 Å². The number of nitrogens with zero attached hydrogens (tertiary/aromatic N) is 2. The Morgan fingerprint density at radius 1 is 1.00 bits per heavy atom. The smallest absolute Gasteiger partial charge is 0.127 e. The highest BCUT2D eigenvalue weighted by Gasteiger charge is 2.40. The largest absolute Gasteiger partial charge is 0.389 e. The minimum absolute atomic E-state index is 0.130. The Morgan fingerprint density at radius 3 is 2.08 bits per heavy atom. The van der Waals surface area contributed by atoms with Crippen LogP contribution in [-0.2, 0) is 0 Å². The van der Waals surface area contributed by atoms with Gasteiger partial charge in [-0.1, -0.05) is 0 Å². The van der Waals surface area contributed by atoms with Crippen LogP contribution in [0, 0.1) is 5.82 Å². The van der Waals surface area contributed by atoms with Gasteiger partial charge < -0.3 is 20.2 Å². The van der Waals surface area contributed by atoms with Gasteiger partial charge in [0.05, 0.1) is 12.2 Å². The van der Waals surface area contributed by atoms with Crippen LogP contribution in [0.3, 0.4) is 0 Å². The number of rotatable bonds is 3. The molecule has 0 aliphatic carbocycles. The minimum atomic E-state index is -1.39. The molecular weight excluding hydrogens is 318 g/mol. The van der Waals surface area contributed by atoms with Crippen LogP contribution in [-0.4, -0.2) is 76.9 Å². The third-order valence-corrected chi connectivity index (χ3v) is 5.04. The SMILES string of the molecule is OC1CN(CC2(F)CCN(c3ccc(F)cc3)CC2)CC(O)C1O. The van der Waals surface area contributed by atoms with Crippen LogP contribution in [0.2, 0.25) is 0 Å². The molecule has 2 saturated heterocycles. The van der Waals surface area contributed by atoms with Gasteiger partial charge >= 0.3 is 0 Å². The summed E-state index contributed by atoms with van der Waals surface area (Å²) < 4.78 is 28.1. The normalized spacial score (nSPS) is 31.2. The molecule has 2 unspecified atom stereocenters. The van der Waals surface area contributed by atoms with Gasteiger partial charge in [-0.3, -0.25) is 4.90 Å². The molecule has 2 atom stereocenters. The Hall–Kier alpha value is -1.28. The quantitative estimate of drug-likeness (QED) is 0.748. The molecule has 1 aromatic rings. The number of alkyl halides is 1. The third-order valence-electron chi connectivity index (χ3n) is 5.04. The summed E-state index contributed by atoms with van der Waals surface area (Å²) in [6.45, 7) is 1.51.